The summed E-state index contributed by atoms with van der Waals surface area (Å²) in [6.45, 7) is 1.63. The van der Waals surface area contributed by atoms with Crippen LogP contribution in [0.4, 0.5) is 0 Å². The first-order valence-electron chi connectivity index (χ1n) is 12.1. The molecule has 1 saturated heterocycles. The first-order valence-corrected chi connectivity index (χ1v) is 13.6. The van der Waals surface area contributed by atoms with Crippen molar-refractivity contribution >= 4 is 15.9 Å². The van der Waals surface area contributed by atoms with E-state index in [-0.39, 0.29) is 12.0 Å². The van der Waals surface area contributed by atoms with Crippen LogP contribution in [0.2, 0.25) is 0 Å². The number of nitrogens with zero attached hydrogens (tertiary/aromatic N) is 1. The van der Waals surface area contributed by atoms with Crippen LogP contribution in [0.3, 0.4) is 0 Å². The molecule has 0 unspecified atom stereocenters. The minimum atomic E-state index is -3.42. The van der Waals surface area contributed by atoms with Crippen molar-refractivity contribution in [3.8, 4) is 5.75 Å². The number of hydrogen-bond acceptors (Lipinski definition) is 4. The Bertz CT molecular complexity index is 1020. The maximum Gasteiger partial charge on any atom is 0.243 e. The summed E-state index contributed by atoms with van der Waals surface area (Å²) in [5.74, 6) is 0.825. The van der Waals surface area contributed by atoms with Gasteiger partial charge in [-0.15, -0.1) is 0 Å². The number of carbonyl (C=O) groups excluding carboxylic acids is 1. The summed E-state index contributed by atoms with van der Waals surface area (Å²) in [4.78, 5) is 12.8. The number of nitrogens with one attached hydrogen (secondary N) is 1. The number of aryl methyl sites for hydroxylation is 1. The number of ether oxygens (including phenoxy) is 1. The number of hydrogen-bond donors (Lipinski definition) is 1. The third-order valence-electron chi connectivity index (χ3n) is 6.56. The van der Waals surface area contributed by atoms with Gasteiger partial charge in [0, 0.05) is 31.6 Å². The van der Waals surface area contributed by atoms with Gasteiger partial charge in [0.15, 0.2) is 0 Å². The van der Waals surface area contributed by atoms with Crippen LogP contribution in [-0.4, -0.2) is 37.8 Å². The largest absolute Gasteiger partial charge is 0.490 e. The van der Waals surface area contributed by atoms with Crippen LogP contribution in [-0.2, 0) is 27.8 Å². The Morgan fingerprint density at radius 1 is 0.939 bits per heavy atom. The highest BCUT2D eigenvalue weighted by Crippen LogP contribution is 2.26. The Kier molecular flexibility index (Phi) is 8.04. The average Bonchev–Trinajstić information content (AvgIpc) is 3.36. The number of rotatable bonds is 9. The second kappa shape index (κ2) is 11.2. The number of piperidine rings is 1. The van der Waals surface area contributed by atoms with E-state index in [1.165, 1.54) is 12.8 Å². The summed E-state index contributed by atoms with van der Waals surface area (Å²) in [5, 5.41) is 2.99. The molecule has 7 heteroatoms. The van der Waals surface area contributed by atoms with Crippen molar-refractivity contribution in [2.45, 2.75) is 75.3 Å². The molecule has 1 aliphatic carbocycles. The third-order valence-corrected chi connectivity index (χ3v) is 8.47. The van der Waals surface area contributed by atoms with Crippen LogP contribution in [0.25, 0.3) is 0 Å². The van der Waals surface area contributed by atoms with E-state index >= 15 is 0 Å². The van der Waals surface area contributed by atoms with Crippen molar-refractivity contribution in [2.75, 3.05) is 13.1 Å². The lowest BCUT2D eigenvalue weighted by molar-refractivity contribution is -0.121. The van der Waals surface area contributed by atoms with E-state index in [0.717, 1.165) is 49.0 Å². The van der Waals surface area contributed by atoms with Gasteiger partial charge in [0.05, 0.1) is 11.0 Å². The van der Waals surface area contributed by atoms with Crippen molar-refractivity contribution < 1.29 is 17.9 Å². The molecule has 1 aliphatic heterocycles. The van der Waals surface area contributed by atoms with Gasteiger partial charge in [0.25, 0.3) is 0 Å². The van der Waals surface area contributed by atoms with Gasteiger partial charge in [-0.25, -0.2) is 8.42 Å². The number of carbonyl (C=O) groups is 1. The third kappa shape index (κ3) is 6.36. The van der Waals surface area contributed by atoms with E-state index in [4.69, 9.17) is 4.74 Å². The predicted octanol–water partition coefficient (Wildman–Crippen LogP) is 4.43. The van der Waals surface area contributed by atoms with Crippen molar-refractivity contribution in [1.82, 2.24) is 9.62 Å². The molecule has 0 atom stereocenters. The van der Waals surface area contributed by atoms with Crippen molar-refractivity contribution in [3.63, 3.8) is 0 Å². The minimum absolute atomic E-state index is 0.0318. The normalized spacial score (nSPS) is 17.7. The molecule has 1 heterocycles. The van der Waals surface area contributed by atoms with Crippen molar-refractivity contribution in [2.24, 2.45) is 0 Å². The van der Waals surface area contributed by atoms with E-state index in [2.05, 4.69) is 5.32 Å². The molecule has 2 aromatic rings. The molecule has 2 aliphatic rings. The van der Waals surface area contributed by atoms with Gasteiger partial charge in [0.2, 0.25) is 15.9 Å². The first kappa shape index (κ1) is 23.8. The standard InChI is InChI=1S/C26H34N2O4S/c29-26(27-20-22-8-2-5-11-25(22)32-23-9-3-4-10-23)17-14-21-12-15-24(16-13-21)33(30,31)28-18-6-1-7-19-28/h2,5,8,11-13,15-16,23H,1,3-4,6-7,9-10,14,17-20H2,(H,27,29). The van der Waals surface area contributed by atoms with Gasteiger partial charge in [-0.1, -0.05) is 36.8 Å². The Balaban J connectivity index is 1.26. The fraction of sp³-hybridized carbons (Fsp3) is 0.500. The number of amides is 1. The van der Waals surface area contributed by atoms with E-state index in [1.54, 1.807) is 16.4 Å². The molecule has 0 radical (unpaired) electrons. The van der Waals surface area contributed by atoms with Crippen LogP contribution >= 0.6 is 0 Å². The molecule has 0 bridgehead atoms. The Morgan fingerprint density at radius 3 is 2.36 bits per heavy atom. The van der Waals surface area contributed by atoms with Gasteiger partial charge in [0.1, 0.15) is 5.75 Å². The second-order valence-electron chi connectivity index (χ2n) is 9.02. The predicted molar refractivity (Wildman–Crippen MR) is 129 cm³/mol. The fourth-order valence-corrected chi connectivity index (χ4v) is 6.09. The monoisotopic (exact) mass is 470 g/mol. The van der Waals surface area contributed by atoms with Gasteiger partial charge < -0.3 is 10.1 Å². The minimum Gasteiger partial charge on any atom is -0.490 e. The van der Waals surface area contributed by atoms with Crippen LogP contribution in [0.5, 0.6) is 5.75 Å². The van der Waals surface area contributed by atoms with E-state index in [0.29, 0.717) is 37.4 Å². The Labute approximate surface area is 197 Å². The number of sulfonamides is 1. The molecule has 33 heavy (non-hydrogen) atoms. The highest BCUT2D eigenvalue weighted by molar-refractivity contribution is 7.89. The van der Waals surface area contributed by atoms with Crippen molar-refractivity contribution in [1.29, 1.82) is 0 Å². The summed E-state index contributed by atoms with van der Waals surface area (Å²) in [5.41, 5.74) is 1.94. The van der Waals surface area contributed by atoms with Gasteiger partial charge in [-0.2, -0.15) is 4.31 Å². The van der Waals surface area contributed by atoms with Crippen LogP contribution < -0.4 is 10.1 Å². The summed E-state index contributed by atoms with van der Waals surface area (Å²) in [6.07, 6.45) is 8.75. The topological polar surface area (TPSA) is 75.7 Å². The zero-order chi connectivity index (χ0) is 23.1. The second-order valence-corrected chi connectivity index (χ2v) is 11.0. The molecule has 178 valence electrons. The summed E-state index contributed by atoms with van der Waals surface area (Å²) in [6, 6.07) is 14.8. The molecule has 2 aromatic carbocycles. The summed E-state index contributed by atoms with van der Waals surface area (Å²) in [7, 11) is -3.42. The Hall–Kier alpha value is -2.38. The molecule has 4 rings (SSSR count). The SMILES string of the molecule is O=C(CCc1ccc(S(=O)(=O)N2CCCCC2)cc1)NCc1ccccc1OC1CCCC1. The smallest absolute Gasteiger partial charge is 0.243 e. The molecular formula is C26H34N2O4S. The van der Waals surface area contributed by atoms with Crippen LogP contribution in [0, 0.1) is 0 Å². The van der Waals surface area contributed by atoms with Crippen molar-refractivity contribution in [3.05, 3.63) is 59.7 Å². The van der Waals surface area contributed by atoms with E-state index in [9.17, 15) is 13.2 Å². The van der Waals surface area contributed by atoms with Gasteiger partial charge in [-0.3, -0.25) is 4.79 Å². The quantitative estimate of drug-likeness (QED) is 0.588. The average molecular weight is 471 g/mol. The van der Waals surface area contributed by atoms with E-state index < -0.39 is 10.0 Å². The molecule has 6 nitrogen and oxygen atoms in total. The summed E-state index contributed by atoms with van der Waals surface area (Å²) < 4.78 is 33.3. The highest BCUT2D eigenvalue weighted by Gasteiger charge is 2.25. The van der Waals surface area contributed by atoms with Crippen LogP contribution in [0.1, 0.15) is 62.5 Å². The molecule has 2 fully saturated rings. The zero-order valence-electron chi connectivity index (χ0n) is 19.2. The Morgan fingerprint density at radius 2 is 1.64 bits per heavy atom. The zero-order valence-corrected chi connectivity index (χ0v) is 20.0. The fourth-order valence-electron chi connectivity index (χ4n) is 4.57. The lowest BCUT2D eigenvalue weighted by atomic mass is 10.1. The van der Waals surface area contributed by atoms with Crippen LogP contribution in [0.15, 0.2) is 53.4 Å². The maximum absolute atomic E-state index is 12.8. The highest BCUT2D eigenvalue weighted by atomic mass is 32.2. The number of para-hydroxylation sites is 1. The number of benzene rings is 2. The molecule has 0 aromatic heterocycles. The lowest BCUT2D eigenvalue weighted by Crippen LogP contribution is -2.35. The maximum atomic E-state index is 12.8. The first-order chi connectivity index (χ1) is 16.0. The van der Waals surface area contributed by atoms with Gasteiger partial charge in [-0.05, 0) is 68.7 Å². The molecule has 1 amide bonds. The molecule has 1 saturated carbocycles. The van der Waals surface area contributed by atoms with E-state index in [1.807, 2.05) is 36.4 Å². The van der Waals surface area contributed by atoms with Gasteiger partial charge >= 0.3 is 0 Å². The molecular weight excluding hydrogens is 436 g/mol. The lowest BCUT2D eigenvalue weighted by Gasteiger charge is -2.25. The summed E-state index contributed by atoms with van der Waals surface area (Å²) >= 11 is 0. The molecule has 1 N–H and O–H groups in total. The molecule has 0 spiro atoms.